The zero-order chi connectivity index (χ0) is 51.7. The number of aliphatic hydroxyl groups is 5. The van der Waals surface area contributed by atoms with E-state index in [9.17, 15) is 35.1 Å². The molecule has 0 aliphatic carbocycles. The lowest BCUT2D eigenvalue weighted by atomic mass is 9.99. The van der Waals surface area contributed by atoms with Crippen molar-refractivity contribution in [1.29, 1.82) is 0 Å². The maximum Gasteiger partial charge on any atom is 0.305 e. The Morgan fingerprint density at radius 3 is 1.35 bits per heavy atom. The van der Waals surface area contributed by atoms with Gasteiger partial charge in [0.1, 0.15) is 24.4 Å². The van der Waals surface area contributed by atoms with Crippen molar-refractivity contribution in [3.05, 3.63) is 24.3 Å². The molecule has 0 aromatic heterocycles. The van der Waals surface area contributed by atoms with Crippen LogP contribution in [0.25, 0.3) is 0 Å². The topological polar surface area (TPSA) is 175 Å². The van der Waals surface area contributed by atoms with E-state index in [2.05, 4.69) is 31.3 Å². The molecule has 1 rings (SSSR count). The van der Waals surface area contributed by atoms with Crippen molar-refractivity contribution >= 4 is 11.9 Å². The second kappa shape index (κ2) is 50.3. The van der Waals surface area contributed by atoms with Gasteiger partial charge in [-0.3, -0.25) is 9.59 Å². The minimum Gasteiger partial charge on any atom is -0.466 e. The molecule has 11 heteroatoms. The minimum absolute atomic E-state index is 0.0148. The third kappa shape index (κ3) is 40.2. The third-order valence-electron chi connectivity index (χ3n) is 14.3. The number of ether oxygens (including phenoxy) is 3. The first kappa shape index (κ1) is 67.2. The predicted molar refractivity (Wildman–Crippen MR) is 292 cm³/mol. The second-order valence-electron chi connectivity index (χ2n) is 21.1. The average Bonchev–Trinajstić information content (AvgIpc) is 3.37. The summed E-state index contributed by atoms with van der Waals surface area (Å²) in [6.07, 6.45) is 49.9. The Bertz CT molecular complexity index is 1230. The van der Waals surface area contributed by atoms with Crippen molar-refractivity contribution in [1.82, 2.24) is 5.32 Å². The lowest BCUT2D eigenvalue weighted by Crippen LogP contribution is -2.60. The van der Waals surface area contributed by atoms with Gasteiger partial charge in [-0.2, -0.15) is 0 Å². The summed E-state index contributed by atoms with van der Waals surface area (Å²) in [6, 6.07) is -0.812. The number of hydrogen-bond acceptors (Lipinski definition) is 10. The van der Waals surface area contributed by atoms with Crippen LogP contribution in [0.15, 0.2) is 24.3 Å². The Balaban J connectivity index is 2.01. The number of nitrogens with one attached hydrogen (secondary N) is 1. The maximum absolute atomic E-state index is 13.0. The van der Waals surface area contributed by atoms with Crippen LogP contribution in [-0.4, -0.2) is 100 Å². The van der Waals surface area contributed by atoms with Gasteiger partial charge in [0.25, 0.3) is 0 Å². The van der Waals surface area contributed by atoms with Gasteiger partial charge in [0.05, 0.1) is 32.0 Å². The molecule has 6 N–H and O–H groups in total. The molecule has 1 fully saturated rings. The smallest absolute Gasteiger partial charge is 0.305 e. The van der Waals surface area contributed by atoms with Crippen LogP contribution in [-0.2, 0) is 23.8 Å². The summed E-state index contributed by atoms with van der Waals surface area (Å²) in [5.41, 5.74) is 0. The number of hydrogen-bond donors (Lipinski definition) is 6. The van der Waals surface area contributed by atoms with Crippen molar-refractivity contribution in [3.8, 4) is 0 Å². The monoisotopic (exact) mass is 1010 g/mol. The van der Waals surface area contributed by atoms with Gasteiger partial charge in [-0.1, -0.05) is 237 Å². The van der Waals surface area contributed by atoms with Gasteiger partial charge in [-0.15, -0.1) is 0 Å². The number of amides is 1. The normalized spacial score (nSPS) is 19.2. The highest BCUT2D eigenvalue weighted by Crippen LogP contribution is 2.23. The van der Waals surface area contributed by atoms with Crippen molar-refractivity contribution in [3.63, 3.8) is 0 Å². The first-order valence-corrected chi connectivity index (χ1v) is 30.1. The van der Waals surface area contributed by atoms with Crippen LogP contribution in [0, 0.1) is 0 Å². The summed E-state index contributed by atoms with van der Waals surface area (Å²) in [5.74, 6) is -0.203. The molecule has 1 saturated heterocycles. The lowest BCUT2D eigenvalue weighted by molar-refractivity contribution is -0.302. The number of carbonyl (C=O) groups excluding carboxylic acids is 2. The van der Waals surface area contributed by atoms with Crippen molar-refractivity contribution in [2.24, 2.45) is 0 Å². The number of allylic oxidation sites excluding steroid dienone is 3. The van der Waals surface area contributed by atoms with Crippen molar-refractivity contribution < 1.29 is 49.3 Å². The Morgan fingerprint density at radius 1 is 0.507 bits per heavy atom. The highest BCUT2D eigenvalue weighted by atomic mass is 16.7. The van der Waals surface area contributed by atoms with Crippen LogP contribution < -0.4 is 5.32 Å². The van der Waals surface area contributed by atoms with E-state index in [0.29, 0.717) is 19.4 Å². The Hall–Kier alpha value is -1.86. The van der Waals surface area contributed by atoms with E-state index < -0.39 is 49.5 Å². The number of esters is 1. The summed E-state index contributed by atoms with van der Waals surface area (Å²) < 4.78 is 16.7. The molecule has 7 atom stereocenters. The average molecular weight is 1010 g/mol. The van der Waals surface area contributed by atoms with Gasteiger partial charge in [-0.25, -0.2) is 0 Å². The molecule has 0 aromatic rings. The number of aliphatic hydroxyl groups excluding tert-OH is 5. The van der Waals surface area contributed by atoms with Crippen LogP contribution in [0.1, 0.15) is 284 Å². The zero-order valence-electron chi connectivity index (χ0n) is 45.9. The molecule has 0 spiro atoms. The van der Waals surface area contributed by atoms with E-state index in [4.69, 9.17) is 14.2 Å². The van der Waals surface area contributed by atoms with E-state index in [1.165, 1.54) is 193 Å². The molecule has 11 nitrogen and oxygen atoms in total. The molecule has 0 radical (unpaired) electrons. The summed E-state index contributed by atoms with van der Waals surface area (Å²) in [5, 5.41) is 54.2. The van der Waals surface area contributed by atoms with E-state index >= 15 is 0 Å². The molecule has 71 heavy (non-hydrogen) atoms. The molecular weight excluding hydrogens is 895 g/mol. The summed E-state index contributed by atoms with van der Waals surface area (Å²) >= 11 is 0. The molecule has 418 valence electrons. The first-order valence-electron chi connectivity index (χ1n) is 30.1. The molecule has 1 amide bonds. The van der Waals surface area contributed by atoms with Crippen LogP contribution in [0.5, 0.6) is 0 Å². The van der Waals surface area contributed by atoms with Gasteiger partial charge in [-0.05, 0) is 57.8 Å². The molecule has 0 aromatic carbocycles. The Kier molecular flexibility index (Phi) is 47.6. The Morgan fingerprint density at radius 2 is 0.901 bits per heavy atom. The molecule has 1 aliphatic rings. The Labute approximate surface area is 435 Å². The van der Waals surface area contributed by atoms with E-state index in [0.717, 1.165) is 64.2 Å². The van der Waals surface area contributed by atoms with Crippen LogP contribution in [0.2, 0.25) is 0 Å². The summed E-state index contributed by atoms with van der Waals surface area (Å²) in [6.45, 7) is 4.30. The molecule has 0 bridgehead atoms. The van der Waals surface area contributed by atoms with Gasteiger partial charge in [0.15, 0.2) is 6.29 Å². The van der Waals surface area contributed by atoms with Crippen LogP contribution in [0.4, 0.5) is 0 Å². The van der Waals surface area contributed by atoms with Gasteiger partial charge < -0.3 is 45.1 Å². The molecular formula is C60H113NO10. The molecule has 7 unspecified atom stereocenters. The van der Waals surface area contributed by atoms with E-state index in [1.54, 1.807) is 6.08 Å². The second-order valence-corrected chi connectivity index (χ2v) is 21.1. The molecule has 1 aliphatic heterocycles. The van der Waals surface area contributed by atoms with E-state index in [-0.39, 0.29) is 18.5 Å². The standard InChI is InChI=1S/C60H113NO10/c1-3-5-7-9-11-13-14-15-16-18-22-25-28-32-36-40-44-48-56(65)69-49-45-41-37-33-29-26-23-20-17-19-21-24-27-31-35-39-43-47-55(64)61-52(53(63)46-42-38-34-30-12-10-8-6-4-2)51-70-60-59(68)58(67)57(66)54(50-62)71-60/h15-16,42,46,52-54,57-60,62-63,66-68H,3-14,17-41,43-45,47-51H2,1-2H3,(H,61,64)/b16-15-,46-42+. The summed E-state index contributed by atoms with van der Waals surface area (Å²) in [7, 11) is 0. The van der Waals surface area contributed by atoms with Gasteiger partial charge in [0.2, 0.25) is 5.91 Å². The van der Waals surface area contributed by atoms with Crippen LogP contribution >= 0.6 is 0 Å². The highest BCUT2D eigenvalue weighted by molar-refractivity contribution is 5.76. The van der Waals surface area contributed by atoms with Gasteiger partial charge in [0, 0.05) is 12.8 Å². The fourth-order valence-corrected chi connectivity index (χ4v) is 9.49. The van der Waals surface area contributed by atoms with Crippen molar-refractivity contribution in [2.75, 3.05) is 19.8 Å². The van der Waals surface area contributed by atoms with E-state index in [1.807, 2.05) is 6.08 Å². The van der Waals surface area contributed by atoms with Crippen LogP contribution in [0.3, 0.4) is 0 Å². The predicted octanol–water partition coefficient (Wildman–Crippen LogP) is 13.7. The third-order valence-corrected chi connectivity index (χ3v) is 14.3. The number of carbonyl (C=O) groups is 2. The van der Waals surface area contributed by atoms with Crippen molar-refractivity contribution in [2.45, 2.75) is 326 Å². The molecule has 1 heterocycles. The fraction of sp³-hybridized carbons (Fsp3) is 0.900. The lowest BCUT2D eigenvalue weighted by Gasteiger charge is -2.40. The first-order chi connectivity index (χ1) is 34.7. The molecule has 0 saturated carbocycles. The quantitative estimate of drug-likeness (QED) is 0.0195. The number of rotatable bonds is 52. The highest BCUT2D eigenvalue weighted by Gasteiger charge is 2.44. The maximum atomic E-state index is 13.0. The fourth-order valence-electron chi connectivity index (χ4n) is 9.49. The van der Waals surface area contributed by atoms with Gasteiger partial charge >= 0.3 is 5.97 Å². The largest absolute Gasteiger partial charge is 0.466 e. The zero-order valence-corrected chi connectivity index (χ0v) is 45.9. The minimum atomic E-state index is -1.57. The summed E-state index contributed by atoms with van der Waals surface area (Å²) in [4.78, 5) is 25.1. The SMILES string of the molecule is CCCCCCCC/C=C\CCCCCCCCCC(=O)OCCCCCCCCCCCCCCCCCCCC(=O)NC(COC1OC(CO)C(O)C(O)C1O)C(O)/C=C/CCCCCCCCC. The number of unbranched alkanes of at least 4 members (excludes halogenated alkanes) is 36.